The minimum atomic E-state index is -1.61. The largest absolute Gasteiger partial charge is 0.358 e. The molecule has 7 heteroatoms. The SMILES string of the molecule is CC(C)(C)[NH-].C[SiH]C.C[Si](C)(C)O.Cl.Cl.[C-]1=CC=CC1.[CH2-]C.[CH2]=[Zr].[CH3-]. The Hall–Kier alpha value is 1.17. The zero-order valence-electron chi connectivity index (χ0n) is 18.2. The fraction of sp³-hybridized carbons (Fsp3) is 0.611. The zero-order valence-corrected chi connectivity index (χ0v) is 24.4. The van der Waals surface area contributed by atoms with Crippen molar-refractivity contribution < 1.29 is 29.0 Å². The number of rotatable bonds is 0. The van der Waals surface area contributed by atoms with Crippen LogP contribution in [-0.2, 0) is 24.2 Å². The number of nitrogens with one attached hydrogen (secondary N) is 1. The van der Waals surface area contributed by atoms with E-state index in [1.165, 1.54) is 24.2 Å². The van der Waals surface area contributed by atoms with E-state index in [1.807, 2.05) is 52.6 Å². The average Bonchev–Trinajstić information content (AvgIpc) is 2.89. The van der Waals surface area contributed by atoms with Gasteiger partial charge >= 0.3 is 28.4 Å². The van der Waals surface area contributed by atoms with Crippen LogP contribution in [0, 0.1) is 20.4 Å². The predicted molar refractivity (Wildman–Crippen MR) is 129 cm³/mol. The summed E-state index contributed by atoms with van der Waals surface area (Å²) in [5.41, 5.74) is 6.69. The molecule has 2 nitrogen and oxygen atoms in total. The summed E-state index contributed by atoms with van der Waals surface area (Å²) >= 11 is 1.30. The van der Waals surface area contributed by atoms with E-state index in [0.29, 0.717) is 0 Å². The molecular weight excluding hydrogens is 465 g/mol. The molecule has 0 aliphatic heterocycles. The third-order valence-electron chi connectivity index (χ3n) is 0.586. The standard InChI is InChI=1S/C5H5.C4H10N.C3H10OSi.C2H7Si.C2H5.CH3.CH2.2ClH.Zr/c1-2-4-5-3-1;1-4(2,3)5;1-5(2,3)4;1-3-2;1-2;;;;;/h1-3H,4H2;5H,1-3H3;4H,1-3H3;3H,1-2H3;1H2,2H3;1H3;1H2;2*1H;/q2*-1;;;2*-1;;;;. The molecule has 0 aromatic heterocycles. The predicted octanol–water partition coefficient (Wildman–Crippen LogP) is 6.57. The second-order valence-corrected chi connectivity index (χ2v) is 11.5. The first-order valence-electron chi connectivity index (χ1n) is 7.41. The first-order chi connectivity index (χ1) is 9.91. The van der Waals surface area contributed by atoms with Crippen LogP contribution in [0.15, 0.2) is 18.2 Å². The van der Waals surface area contributed by atoms with Crippen LogP contribution in [0.1, 0.15) is 34.1 Å². The van der Waals surface area contributed by atoms with Crippen LogP contribution in [0.2, 0.25) is 32.7 Å². The maximum Gasteiger partial charge on any atom is -0.358 e. The van der Waals surface area contributed by atoms with Crippen LogP contribution in [-0.4, -0.2) is 32.4 Å². The van der Waals surface area contributed by atoms with Crippen molar-refractivity contribution in [2.75, 3.05) is 0 Å². The molecule has 0 spiro atoms. The Morgan fingerprint density at radius 3 is 1.40 bits per heavy atom. The number of hydrogen-bond donors (Lipinski definition) is 1. The maximum absolute atomic E-state index is 8.66. The van der Waals surface area contributed by atoms with Gasteiger partial charge in [0, 0.05) is 9.52 Å². The van der Waals surface area contributed by atoms with Gasteiger partial charge in [-0.15, -0.1) is 36.8 Å². The van der Waals surface area contributed by atoms with E-state index in [0.717, 1.165) is 15.9 Å². The first-order valence-corrected chi connectivity index (χ1v) is 14.9. The summed E-state index contributed by atoms with van der Waals surface area (Å²) in [6, 6.07) is 0. The topological polar surface area (TPSA) is 44.0 Å². The van der Waals surface area contributed by atoms with Crippen LogP contribution in [0.4, 0.5) is 0 Å². The molecule has 0 saturated carbocycles. The van der Waals surface area contributed by atoms with Gasteiger partial charge in [-0.1, -0.05) is 33.9 Å². The second-order valence-electron chi connectivity index (χ2n) is 6.00. The fourth-order valence-corrected chi connectivity index (χ4v) is 0.340. The van der Waals surface area contributed by atoms with Crippen molar-refractivity contribution in [1.29, 1.82) is 0 Å². The quantitative estimate of drug-likeness (QED) is 0.292. The molecule has 0 unspecified atom stereocenters. The van der Waals surface area contributed by atoms with Gasteiger partial charge in [0.25, 0.3) is 0 Å². The van der Waals surface area contributed by atoms with Gasteiger partial charge in [-0.25, -0.2) is 12.2 Å². The van der Waals surface area contributed by atoms with Gasteiger partial charge in [0.2, 0.25) is 0 Å². The molecule has 0 heterocycles. The average molecular weight is 509 g/mol. The Morgan fingerprint density at radius 1 is 1.16 bits per heavy atom. The minimum Gasteiger partial charge on any atom is -0.358 e. The third kappa shape index (κ3) is 355. The van der Waals surface area contributed by atoms with Crippen LogP contribution in [0.5, 0.6) is 0 Å². The monoisotopic (exact) mass is 506 g/mol. The smallest absolute Gasteiger partial charge is 0.358 e. The number of hydrogen-bond acceptors (Lipinski definition) is 1. The molecular formula is C18H44Cl2NOSi2Zr-4. The maximum atomic E-state index is 8.66. The van der Waals surface area contributed by atoms with Crippen LogP contribution in [0.25, 0.3) is 5.73 Å². The molecule has 2 N–H and O–H groups in total. The Bertz CT molecular complexity index is 208. The molecule has 25 heavy (non-hydrogen) atoms. The molecule has 0 aromatic carbocycles. The van der Waals surface area contributed by atoms with E-state index in [9.17, 15) is 0 Å². The van der Waals surface area contributed by atoms with E-state index in [2.05, 4.69) is 36.4 Å². The summed E-state index contributed by atoms with van der Waals surface area (Å²) in [7, 11) is -0.861. The summed E-state index contributed by atoms with van der Waals surface area (Å²) in [6.45, 7) is 20.6. The Morgan fingerprint density at radius 2 is 1.36 bits per heavy atom. The Kier molecular flexibility index (Phi) is 80.4. The van der Waals surface area contributed by atoms with E-state index in [1.54, 1.807) is 6.92 Å². The van der Waals surface area contributed by atoms with Crippen molar-refractivity contribution in [3.8, 4) is 0 Å². The zero-order chi connectivity index (χ0) is 19.2. The normalized spacial score (nSPS) is 9.40. The molecule has 1 aliphatic carbocycles. The minimum absolute atomic E-state index is 0. The summed E-state index contributed by atoms with van der Waals surface area (Å²) in [4.78, 5) is 8.66. The van der Waals surface area contributed by atoms with Crippen molar-refractivity contribution in [3.05, 3.63) is 44.4 Å². The van der Waals surface area contributed by atoms with Gasteiger partial charge in [0.15, 0.2) is 8.32 Å². The second kappa shape index (κ2) is 40.0. The van der Waals surface area contributed by atoms with Crippen LogP contribution in [0.3, 0.4) is 0 Å². The Balaban J connectivity index is -0.0000000235. The molecule has 1 radical (unpaired) electrons. The number of allylic oxidation sites excluding steroid dienone is 4. The van der Waals surface area contributed by atoms with Gasteiger partial charge in [0.05, 0.1) is 0 Å². The molecule has 0 atom stereocenters. The van der Waals surface area contributed by atoms with Gasteiger partial charge in [-0.2, -0.15) is 13.0 Å². The molecule has 1 aliphatic rings. The van der Waals surface area contributed by atoms with Crippen molar-refractivity contribution in [2.45, 2.75) is 72.4 Å². The van der Waals surface area contributed by atoms with Gasteiger partial charge in [-0.3, -0.25) is 6.08 Å². The molecule has 157 valence electrons. The van der Waals surface area contributed by atoms with E-state index in [4.69, 9.17) is 10.5 Å². The van der Waals surface area contributed by atoms with Crippen molar-refractivity contribution >= 4 is 46.9 Å². The summed E-state index contributed by atoms with van der Waals surface area (Å²) in [6.07, 6.45) is 10.0. The van der Waals surface area contributed by atoms with Crippen molar-refractivity contribution in [2.24, 2.45) is 0 Å². The van der Waals surface area contributed by atoms with Gasteiger partial charge < -0.3 is 24.9 Å². The summed E-state index contributed by atoms with van der Waals surface area (Å²) in [5.74, 6) is 0. The molecule has 1 rings (SSSR count). The van der Waals surface area contributed by atoms with Crippen LogP contribution < -0.4 is 0 Å². The molecule has 0 fully saturated rings. The molecule has 0 bridgehead atoms. The van der Waals surface area contributed by atoms with Crippen molar-refractivity contribution in [3.63, 3.8) is 0 Å². The molecule has 0 aromatic rings. The van der Waals surface area contributed by atoms with Gasteiger partial charge in [-0.05, 0) is 19.6 Å². The molecule has 0 amide bonds. The third-order valence-corrected chi connectivity index (χ3v) is 0.586. The number of halogens is 2. The summed E-state index contributed by atoms with van der Waals surface area (Å²) < 4.78 is 3.34. The van der Waals surface area contributed by atoms with E-state index >= 15 is 0 Å². The Labute approximate surface area is 191 Å². The molecule has 0 saturated heterocycles. The first kappa shape index (κ1) is 50.2. The van der Waals surface area contributed by atoms with Crippen LogP contribution >= 0.6 is 24.8 Å². The van der Waals surface area contributed by atoms with E-state index in [-0.39, 0.29) is 37.8 Å². The van der Waals surface area contributed by atoms with Crippen molar-refractivity contribution in [1.82, 2.24) is 0 Å². The van der Waals surface area contributed by atoms with Gasteiger partial charge in [0.1, 0.15) is 0 Å². The fourth-order valence-electron chi connectivity index (χ4n) is 0.340. The van der Waals surface area contributed by atoms with E-state index < -0.39 is 8.32 Å². The summed E-state index contributed by atoms with van der Waals surface area (Å²) in [5, 5.41) is 0.